The van der Waals surface area contributed by atoms with Gasteiger partial charge in [-0.05, 0) is 38.5 Å². The topological polar surface area (TPSA) is 99.1 Å². The van der Waals surface area contributed by atoms with Gasteiger partial charge in [0.05, 0.1) is 34.4 Å². The van der Waals surface area contributed by atoms with Crippen molar-refractivity contribution in [1.82, 2.24) is 0 Å². The molecule has 376 valence electrons. The monoisotopic (exact) mass is 905 g/mol. The number of quaternary nitrogens is 1. The van der Waals surface area contributed by atoms with E-state index >= 15 is 0 Å². The number of carboxylic acids is 1. The Morgan fingerprint density at radius 2 is 0.812 bits per heavy atom. The van der Waals surface area contributed by atoms with Gasteiger partial charge < -0.3 is 23.8 Å². The molecule has 0 bridgehead atoms. The van der Waals surface area contributed by atoms with Crippen molar-refractivity contribution in [2.75, 3.05) is 41.0 Å². The molecule has 0 saturated carbocycles. The molecule has 0 aromatic heterocycles. The Labute approximate surface area is 396 Å². The van der Waals surface area contributed by atoms with Crippen molar-refractivity contribution in [3.63, 3.8) is 0 Å². The summed E-state index contributed by atoms with van der Waals surface area (Å²) in [5.41, 5.74) is 0. The lowest BCUT2D eigenvalue weighted by atomic mass is 10.0. The van der Waals surface area contributed by atoms with E-state index in [1.165, 1.54) is 193 Å². The summed E-state index contributed by atoms with van der Waals surface area (Å²) < 4.78 is 17.4. The van der Waals surface area contributed by atoms with E-state index in [0.717, 1.165) is 38.5 Å². The minimum Gasteiger partial charge on any atom is -0.477 e. The zero-order valence-corrected chi connectivity index (χ0v) is 43.0. The van der Waals surface area contributed by atoms with Gasteiger partial charge in [-0.25, -0.2) is 4.79 Å². The van der Waals surface area contributed by atoms with E-state index < -0.39 is 18.1 Å². The number of allylic oxidation sites excluding steroid dienone is 4. The van der Waals surface area contributed by atoms with Gasteiger partial charge in [0.1, 0.15) is 6.61 Å². The maximum absolute atomic E-state index is 12.8. The first-order valence-electron chi connectivity index (χ1n) is 27.4. The van der Waals surface area contributed by atoms with Gasteiger partial charge in [0, 0.05) is 19.3 Å². The van der Waals surface area contributed by atoms with Crippen LogP contribution in [0.25, 0.3) is 0 Å². The Bertz CT molecular complexity index is 1100. The number of carboxylic acid groups (broad SMARTS) is 1. The van der Waals surface area contributed by atoms with Crippen molar-refractivity contribution < 1.29 is 38.2 Å². The fraction of sp³-hybridized carbons (Fsp3) is 0.875. The number of likely N-dealkylation sites (N-methyl/N-ethyl adjacent to an activating group) is 1. The Morgan fingerprint density at radius 3 is 1.20 bits per heavy atom. The number of esters is 2. The zero-order valence-electron chi connectivity index (χ0n) is 43.0. The Kier molecular flexibility index (Phi) is 45.7. The first kappa shape index (κ1) is 61.8. The van der Waals surface area contributed by atoms with Crippen LogP contribution in [0.3, 0.4) is 0 Å². The molecule has 0 aromatic carbocycles. The van der Waals surface area contributed by atoms with Crippen molar-refractivity contribution in [3.8, 4) is 0 Å². The highest BCUT2D eigenvalue weighted by atomic mass is 16.6. The second-order valence-electron chi connectivity index (χ2n) is 19.9. The van der Waals surface area contributed by atoms with Gasteiger partial charge in [0.2, 0.25) is 0 Å². The number of rotatable bonds is 50. The van der Waals surface area contributed by atoms with Gasteiger partial charge in [0.15, 0.2) is 12.1 Å². The number of carbonyl (C=O) groups excluding carboxylic acids is 2. The lowest BCUT2D eigenvalue weighted by Crippen LogP contribution is -2.50. The van der Waals surface area contributed by atoms with Gasteiger partial charge in [0.25, 0.3) is 0 Å². The largest absolute Gasteiger partial charge is 0.477 e. The van der Waals surface area contributed by atoms with Crippen LogP contribution in [-0.2, 0) is 28.6 Å². The molecule has 1 N–H and O–H groups in total. The number of carbonyl (C=O) groups is 3. The summed E-state index contributed by atoms with van der Waals surface area (Å²) in [5.74, 6) is -1.45. The maximum Gasteiger partial charge on any atom is 0.362 e. The number of nitrogens with zero attached hydrogens (tertiary/aromatic N) is 1. The van der Waals surface area contributed by atoms with Gasteiger partial charge in [-0.3, -0.25) is 9.59 Å². The zero-order chi connectivity index (χ0) is 47.0. The Hall–Kier alpha value is -2.19. The highest BCUT2D eigenvalue weighted by Crippen LogP contribution is 2.17. The second kappa shape index (κ2) is 47.3. The molecular formula is C56H106NO7+. The average Bonchev–Trinajstić information content (AvgIpc) is 3.26. The predicted octanol–water partition coefficient (Wildman–Crippen LogP) is 16.0. The van der Waals surface area contributed by atoms with Gasteiger partial charge in [-0.2, -0.15) is 0 Å². The van der Waals surface area contributed by atoms with Crippen molar-refractivity contribution in [3.05, 3.63) is 24.3 Å². The minimum atomic E-state index is -0.871. The highest BCUT2D eigenvalue weighted by Gasteiger charge is 2.31. The third-order valence-electron chi connectivity index (χ3n) is 12.6. The summed E-state index contributed by atoms with van der Waals surface area (Å²) in [7, 11) is 5.55. The smallest absolute Gasteiger partial charge is 0.362 e. The second-order valence-corrected chi connectivity index (χ2v) is 19.9. The normalized spacial score (nSPS) is 13.0. The fourth-order valence-corrected chi connectivity index (χ4v) is 8.38. The molecule has 0 spiro atoms. The van der Waals surface area contributed by atoms with E-state index in [4.69, 9.17) is 14.2 Å². The van der Waals surface area contributed by atoms with E-state index in [-0.39, 0.29) is 36.2 Å². The van der Waals surface area contributed by atoms with Crippen LogP contribution >= 0.6 is 0 Å². The lowest BCUT2D eigenvalue weighted by Gasteiger charge is -2.31. The molecule has 0 aliphatic heterocycles. The predicted molar refractivity (Wildman–Crippen MR) is 271 cm³/mol. The van der Waals surface area contributed by atoms with E-state index in [2.05, 4.69) is 38.2 Å². The molecule has 0 saturated heterocycles. The van der Waals surface area contributed by atoms with Gasteiger partial charge in [-0.15, -0.1) is 0 Å². The van der Waals surface area contributed by atoms with Crippen LogP contribution in [0.5, 0.6) is 0 Å². The standard InChI is InChI=1S/C56H105NO7/c1-6-8-10-12-14-16-18-20-22-24-26-27-29-30-32-34-36-38-40-42-44-46-54(58)63-51-52(50-62-49-48-53(56(60)61)57(3,4)5)64-55(59)47-45-43-41-39-37-35-33-31-28-25-23-21-19-17-15-13-11-9-7-2/h15,17,19,21,52-53H,6-14,16,18,20,22-51H2,1-5H3/p+1/b17-15+,21-19+. The molecule has 0 heterocycles. The first-order valence-corrected chi connectivity index (χ1v) is 27.4. The van der Waals surface area contributed by atoms with Gasteiger partial charge >= 0.3 is 17.9 Å². The average molecular weight is 905 g/mol. The molecule has 2 atom stereocenters. The van der Waals surface area contributed by atoms with Crippen molar-refractivity contribution >= 4 is 17.9 Å². The molecule has 0 fully saturated rings. The number of unbranched alkanes of at least 4 members (excludes halogenated alkanes) is 33. The molecule has 8 nitrogen and oxygen atoms in total. The SMILES string of the molecule is CCCCC/C=C/C=C/CCCCCCCCCCCCC(=O)OC(COCCC(C(=O)O)[N+](C)(C)C)COC(=O)CCCCCCCCCCCCCCCCCCCCCCC. The fourth-order valence-electron chi connectivity index (χ4n) is 8.38. The van der Waals surface area contributed by atoms with Crippen LogP contribution in [0.4, 0.5) is 0 Å². The number of aliphatic carboxylic acids is 1. The Balaban J connectivity index is 4.17. The third-order valence-corrected chi connectivity index (χ3v) is 12.6. The molecule has 8 heteroatoms. The van der Waals surface area contributed by atoms with Crippen LogP contribution in [0.15, 0.2) is 24.3 Å². The number of ether oxygens (including phenoxy) is 3. The molecule has 0 amide bonds. The van der Waals surface area contributed by atoms with Crippen molar-refractivity contribution in [1.29, 1.82) is 0 Å². The summed E-state index contributed by atoms with van der Waals surface area (Å²) in [4.78, 5) is 37.2. The molecule has 64 heavy (non-hydrogen) atoms. The lowest BCUT2D eigenvalue weighted by molar-refractivity contribution is -0.887. The molecule has 2 unspecified atom stereocenters. The molecule has 0 aromatic rings. The third kappa shape index (κ3) is 45.0. The number of hydrogen-bond donors (Lipinski definition) is 1. The number of hydrogen-bond acceptors (Lipinski definition) is 6. The van der Waals surface area contributed by atoms with E-state index in [1.807, 2.05) is 21.1 Å². The van der Waals surface area contributed by atoms with Crippen LogP contribution in [0.1, 0.15) is 264 Å². The van der Waals surface area contributed by atoms with E-state index in [9.17, 15) is 19.5 Å². The molecule has 0 rings (SSSR count). The van der Waals surface area contributed by atoms with Crippen molar-refractivity contribution in [2.45, 2.75) is 276 Å². The van der Waals surface area contributed by atoms with E-state index in [0.29, 0.717) is 19.3 Å². The molecule has 0 radical (unpaired) electrons. The van der Waals surface area contributed by atoms with Crippen LogP contribution < -0.4 is 0 Å². The first-order chi connectivity index (χ1) is 31.1. The molecule has 0 aliphatic carbocycles. The Morgan fingerprint density at radius 1 is 0.469 bits per heavy atom. The van der Waals surface area contributed by atoms with E-state index in [1.54, 1.807) is 0 Å². The summed E-state index contributed by atoms with van der Waals surface area (Å²) in [6.45, 7) is 4.76. The minimum absolute atomic E-state index is 0.0469. The summed E-state index contributed by atoms with van der Waals surface area (Å²) >= 11 is 0. The highest BCUT2D eigenvalue weighted by molar-refractivity contribution is 5.72. The van der Waals surface area contributed by atoms with Gasteiger partial charge in [-0.1, -0.05) is 231 Å². The molecule has 0 aliphatic rings. The summed E-state index contributed by atoms with van der Waals surface area (Å²) in [6, 6.07) is -0.613. The van der Waals surface area contributed by atoms with Crippen molar-refractivity contribution in [2.24, 2.45) is 0 Å². The van der Waals surface area contributed by atoms with Crippen LogP contribution in [0.2, 0.25) is 0 Å². The van der Waals surface area contributed by atoms with Crippen LogP contribution in [0, 0.1) is 0 Å². The summed E-state index contributed by atoms with van der Waals surface area (Å²) in [6.07, 6.45) is 55.1. The quantitative estimate of drug-likeness (QED) is 0.0281. The molecular weight excluding hydrogens is 799 g/mol. The summed E-state index contributed by atoms with van der Waals surface area (Å²) in [5, 5.41) is 9.66. The van der Waals surface area contributed by atoms with Crippen LogP contribution in [-0.4, -0.2) is 80.6 Å². The maximum atomic E-state index is 12.8.